The van der Waals surface area contributed by atoms with Crippen LogP contribution in [0.4, 0.5) is 0 Å². The number of nitrogens with zero attached hydrogens (tertiary/aromatic N) is 2. The summed E-state index contributed by atoms with van der Waals surface area (Å²) in [4.78, 5) is 11.8. The van der Waals surface area contributed by atoms with Gasteiger partial charge in [-0.1, -0.05) is 13.8 Å². The molecular formula is C13H15N3S. The first-order chi connectivity index (χ1) is 8.34. The van der Waals surface area contributed by atoms with Gasteiger partial charge in [-0.15, -0.1) is 11.3 Å². The number of aryl methyl sites for hydroxylation is 1. The lowest BCUT2D eigenvalue weighted by Gasteiger charge is -1.97. The largest absolute Gasteiger partial charge is 0.346 e. The van der Waals surface area contributed by atoms with Crippen molar-refractivity contribution >= 4 is 22.4 Å². The molecule has 3 rings (SSSR count). The van der Waals surface area contributed by atoms with Gasteiger partial charge in [0.1, 0.15) is 10.7 Å². The van der Waals surface area contributed by atoms with E-state index in [0.29, 0.717) is 0 Å². The van der Waals surface area contributed by atoms with Crippen molar-refractivity contribution in [2.75, 3.05) is 0 Å². The van der Waals surface area contributed by atoms with Crippen LogP contribution < -0.4 is 0 Å². The Hall–Kier alpha value is -1.68. The molecule has 0 aliphatic rings. The summed E-state index contributed by atoms with van der Waals surface area (Å²) in [6.07, 6.45) is 3.71. The van der Waals surface area contributed by atoms with E-state index >= 15 is 0 Å². The number of hydrogen-bond donors (Lipinski definition) is 1. The number of pyridine rings is 1. The Morgan fingerprint density at radius 1 is 1.24 bits per heavy atom. The molecule has 0 bridgehead atoms. The zero-order valence-corrected chi connectivity index (χ0v) is 11.0. The van der Waals surface area contributed by atoms with Crippen LogP contribution in [0.1, 0.15) is 19.5 Å². The zero-order valence-electron chi connectivity index (χ0n) is 10.2. The maximum absolute atomic E-state index is 4.49. The van der Waals surface area contributed by atoms with Crippen LogP contribution in [0.2, 0.25) is 0 Å². The first-order valence-electron chi connectivity index (χ1n) is 5.69. The fourth-order valence-corrected chi connectivity index (χ4v) is 2.46. The maximum atomic E-state index is 4.49. The monoisotopic (exact) mass is 245 g/mol. The molecular weight excluding hydrogens is 230 g/mol. The van der Waals surface area contributed by atoms with E-state index in [0.717, 1.165) is 27.3 Å². The highest BCUT2D eigenvalue weighted by Gasteiger charge is 2.07. The van der Waals surface area contributed by atoms with Crippen LogP contribution in [-0.4, -0.2) is 15.0 Å². The highest BCUT2D eigenvalue weighted by Crippen LogP contribution is 2.29. The van der Waals surface area contributed by atoms with Gasteiger partial charge < -0.3 is 4.98 Å². The molecule has 3 heterocycles. The molecule has 0 aliphatic heterocycles. The van der Waals surface area contributed by atoms with Gasteiger partial charge in [-0.05, 0) is 19.1 Å². The molecule has 0 spiro atoms. The van der Waals surface area contributed by atoms with Gasteiger partial charge in [0.2, 0.25) is 0 Å². The molecule has 3 aromatic rings. The number of H-pyrrole nitrogens is 1. The second-order valence-electron chi connectivity index (χ2n) is 3.39. The van der Waals surface area contributed by atoms with Crippen LogP contribution in [0.15, 0.2) is 29.9 Å². The van der Waals surface area contributed by atoms with Crippen LogP contribution in [0, 0.1) is 6.92 Å². The Bertz CT molecular complexity index is 610. The molecule has 4 heteroatoms. The molecule has 3 nitrogen and oxygen atoms in total. The molecule has 0 amide bonds. The summed E-state index contributed by atoms with van der Waals surface area (Å²) >= 11 is 1.67. The van der Waals surface area contributed by atoms with Crippen molar-refractivity contribution in [3.8, 4) is 10.6 Å². The maximum Gasteiger partial charge on any atom is 0.137 e. The van der Waals surface area contributed by atoms with Gasteiger partial charge in [0, 0.05) is 34.4 Å². The van der Waals surface area contributed by atoms with Crippen LogP contribution in [0.3, 0.4) is 0 Å². The fourth-order valence-electron chi connectivity index (χ4n) is 1.63. The first kappa shape index (κ1) is 11.8. The minimum atomic E-state index is 0.917. The number of fused-ring (bicyclic) bond motifs is 1. The molecule has 0 aromatic carbocycles. The predicted molar refractivity (Wildman–Crippen MR) is 73.3 cm³/mol. The van der Waals surface area contributed by atoms with E-state index in [2.05, 4.69) is 20.3 Å². The van der Waals surface area contributed by atoms with E-state index in [1.807, 2.05) is 45.3 Å². The van der Waals surface area contributed by atoms with E-state index in [1.54, 1.807) is 11.3 Å². The van der Waals surface area contributed by atoms with Gasteiger partial charge in [-0.25, -0.2) is 9.97 Å². The topological polar surface area (TPSA) is 41.6 Å². The summed E-state index contributed by atoms with van der Waals surface area (Å²) < 4.78 is 0. The molecule has 0 aliphatic carbocycles. The third kappa shape index (κ3) is 2.22. The summed E-state index contributed by atoms with van der Waals surface area (Å²) in [5.41, 5.74) is 3.13. The molecule has 0 saturated heterocycles. The molecule has 0 unspecified atom stereocenters. The van der Waals surface area contributed by atoms with E-state index in [1.165, 1.54) is 0 Å². The van der Waals surface area contributed by atoms with Gasteiger partial charge in [-0.2, -0.15) is 0 Å². The van der Waals surface area contributed by atoms with Crippen molar-refractivity contribution in [2.24, 2.45) is 0 Å². The van der Waals surface area contributed by atoms with Gasteiger partial charge in [0.15, 0.2) is 0 Å². The van der Waals surface area contributed by atoms with Crippen molar-refractivity contribution in [2.45, 2.75) is 20.8 Å². The highest BCUT2D eigenvalue weighted by atomic mass is 32.1. The predicted octanol–water partition coefficient (Wildman–Crippen LogP) is 4.02. The lowest BCUT2D eigenvalue weighted by molar-refractivity contribution is 1.27. The number of thiazole rings is 1. The minimum absolute atomic E-state index is 0.917. The quantitative estimate of drug-likeness (QED) is 0.703. The molecule has 88 valence electrons. The average Bonchev–Trinajstić information content (AvgIpc) is 2.99. The summed E-state index contributed by atoms with van der Waals surface area (Å²) in [5.74, 6) is 0. The van der Waals surface area contributed by atoms with E-state index in [9.17, 15) is 0 Å². The molecule has 3 aromatic heterocycles. The molecule has 0 fully saturated rings. The molecule has 0 saturated carbocycles. The first-order valence-corrected chi connectivity index (χ1v) is 6.57. The highest BCUT2D eigenvalue weighted by molar-refractivity contribution is 7.13. The SMILES string of the molecule is CC.Cc1csc(-c2ccnc3[nH]ccc23)n1. The van der Waals surface area contributed by atoms with Crippen LogP contribution in [0.25, 0.3) is 21.6 Å². The zero-order chi connectivity index (χ0) is 12.3. The molecule has 0 radical (unpaired) electrons. The average molecular weight is 245 g/mol. The summed E-state index contributed by atoms with van der Waals surface area (Å²) in [6.45, 7) is 6.01. The Morgan fingerprint density at radius 3 is 2.76 bits per heavy atom. The van der Waals surface area contributed by atoms with Gasteiger partial charge in [-0.3, -0.25) is 0 Å². The number of aromatic nitrogens is 3. The lowest BCUT2D eigenvalue weighted by Crippen LogP contribution is -1.81. The van der Waals surface area contributed by atoms with Gasteiger partial charge in [0.25, 0.3) is 0 Å². The number of hydrogen-bond acceptors (Lipinski definition) is 3. The van der Waals surface area contributed by atoms with E-state index < -0.39 is 0 Å². The van der Waals surface area contributed by atoms with Crippen molar-refractivity contribution < 1.29 is 0 Å². The number of aromatic amines is 1. The second kappa shape index (κ2) is 5.10. The summed E-state index contributed by atoms with van der Waals surface area (Å²) in [5, 5.41) is 4.25. The lowest BCUT2D eigenvalue weighted by atomic mass is 10.2. The standard InChI is InChI=1S/C11H9N3S.C2H6/c1-7-6-15-11(14-7)9-3-5-13-10-8(9)2-4-12-10;1-2/h2-6H,1H3,(H,12,13);1-2H3. The van der Waals surface area contributed by atoms with Crippen molar-refractivity contribution in [3.05, 3.63) is 35.6 Å². The third-order valence-corrected chi connectivity index (χ3v) is 3.30. The Kier molecular flexibility index (Phi) is 3.54. The van der Waals surface area contributed by atoms with E-state index in [-0.39, 0.29) is 0 Å². The molecule has 0 atom stereocenters. The van der Waals surface area contributed by atoms with Gasteiger partial charge >= 0.3 is 0 Å². The Morgan fingerprint density at radius 2 is 2.06 bits per heavy atom. The fraction of sp³-hybridized carbons (Fsp3) is 0.231. The van der Waals surface area contributed by atoms with Crippen molar-refractivity contribution in [1.29, 1.82) is 0 Å². The number of rotatable bonds is 1. The van der Waals surface area contributed by atoms with E-state index in [4.69, 9.17) is 0 Å². The van der Waals surface area contributed by atoms with Crippen molar-refractivity contribution in [3.63, 3.8) is 0 Å². The van der Waals surface area contributed by atoms with Crippen LogP contribution in [-0.2, 0) is 0 Å². The van der Waals surface area contributed by atoms with Crippen LogP contribution >= 0.6 is 11.3 Å². The Balaban J connectivity index is 0.000000514. The minimum Gasteiger partial charge on any atom is -0.346 e. The normalized spacial score (nSPS) is 10.1. The Labute approximate surface area is 105 Å². The summed E-state index contributed by atoms with van der Waals surface area (Å²) in [7, 11) is 0. The molecule has 1 N–H and O–H groups in total. The second-order valence-corrected chi connectivity index (χ2v) is 4.25. The van der Waals surface area contributed by atoms with Gasteiger partial charge in [0.05, 0.1) is 0 Å². The smallest absolute Gasteiger partial charge is 0.137 e. The van der Waals surface area contributed by atoms with Crippen molar-refractivity contribution in [1.82, 2.24) is 15.0 Å². The number of nitrogens with one attached hydrogen (secondary N) is 1. The third-order valence-electron chi connectivity index (χ3n) is 2.31. The summed E-state index contributed by atoms with van der Waals surface area (Å²) in [6, 6.07) is 4.04. The van der Waals surface area contributed by atoms with Crippen LogP contribution in [0.5, 0.6) is 0 Å². The molecule has 17 heavy (non-hydrogen) atoms.